The predicted molar refractivity (Wildman–Crippen MR) is 199 cm³/mol. The van der Waals surface area contributed by atoms with Gasteiger partial charge in [0, 0.05) is 0 Å². The molecule has 0 atom stereocenters. The maximum atomic E-state index is 6.44. The van der Waals surface area contributed by atoms with Crippen molar-refractivity contribution in [2.45, 2.75) is 139 Å². The van der Waals surface area contributed by atoms with Crippen LogP contribution >= 0.6 is 8.60 Å². The molecule has 46 heavy (non-hydrogen) atoms. The molecule has 0 heterocycles. The van der Waals surface area contributed by atoms with Crippen LogP contribution < -0.4 is 13.6 Å². The van der Waals surface area contributed by atoms with Crippen molar-refractivity contribution < 1.29 is 13.6 Å². The lowest BCUT2D eigenvalue weighted by Crippen LogP contribution is -2.24. The van der Waals surface area contributed by atoms with Gasteiger partial charge in [0.05, 0.1) is 0 Å². The van der Waals surface area contributed by atoms with Gasteiger partial charge in [-0.05, 0) is 105 Å². The van der Waals surface area contributed by atoms with E-state index in [0.717, 1.165) is 36.5 Å². The van der Waals surface area contributed by atoms with E-state index in [0.29, 0.717) is 0 Å². The third-order valence-corrected chi connectivity index (χ3v) is 9.44. The molecular weight excluding hydrogens is 583 g/mol. The fourth-order valence-corrected chi connectivity index (χ4v) is 8.49. The zero-order chi connectivity index (χ0) is 34.8. The van der Waals surface area contributed by atoms with E-state index < -0.39 is 8.60 Å². The Balaban J connectivity index is 1.86. The Morgan fingerprint density at radius 1 is 0.348 bits per heavy atom. The number of hydrogen-bond donors (Lipinski definition) is 0. The third kappa shape index (κ3) is 11.9. The second kappa shape index (κ2) is 13.9. The molecule has 0 saturated heterocycles. The first-order valence-electron chi connectivity index (χ1n) is 17.0. The van der Waals surface area contributed by atoms with Crippen LogP contribution in [0, 0.1) is 16.2 Å². The molecule has 0 spiro atoms. The zero-order valence-corrected chi connectivity index (χ0v) is 32.6. The second-order valence-corrected chi connectivity index (χ2v) is 19.9. The molecule has 0 amide bonds. The minimum atomic E-state index is -1.77. The van der Waals surface area contributed by atoms with E-state index in [2.05, 4.69) is 140 Å². The number of rotatable bonds is 12. The molecule has 0 aliphatic rings. The first-order chi connectivity index (χ1) is 20.8. The molecule has 0 bridgehead atoms. The zero-order valence-electron chi connectivity index (χ0n) is 31.7. The second-order valence-electron chi connectivity index (χ2n) is 18.9. The quantitative estimate of drug-likeness (QED) is 0.183. The van der Waals surface area contributed by atoms with Crippen LogP contribution in [0.25, 0.3) is 0 Å². The molecule has 4 heteroatoms. The van der Waals surface area contributed by atoms with Crippen molar-refractivity contribution in [3.8, 4) is 17.2 Å². The molecule has 3 aromatic rings. The minimum absolute atomic E-state index is 0.0551. The van der Waals surface area contributed by atoms with E-state index in [-0.39, 0.29) is 32.5 Å². The molecule has 0 fully saturated rings. The van der Waals surface area contributed by atoms with Crippen LogP contribution in [0.15, 0.2) is 72.8 Å². The van der Waals surface area contributed by atoms with Gasteiger partial charge in [0.1, 0.15) is 17.2 Å². The summed E-state index contributed by atoms with van der Waals surface area (Å²) in [6.45, 7) is 34.5. The van der Waals surface area contributed by atoms with Gasteiger partial charge in [-0.1, -0.05) is 140 Å². The van der Waals surface area contributed by atoms with Crippen molar-refractivity contribution in [2.75, 3.05) is 0 Å². The normalized spacial score (nSPS) is 13.6. The summed E-state index contributed by atoms with van der Waals surface area (Å²) >= 11 is 0. The van der Waals surface area contributed by atoms with Crippen molar-refractivity contribution in [2.24, 2.45) is 16.2 Å². The SMILES string of the molecule is CC(C)(C)CC(C)(C)c1ccc(OP(Oc2ccc(C(C)(C)CC(C)(C)C)cc2)Oc2ccc(C(C)(C)CC(C)(C)C)cc2)cc1. The minimum Gasteiger partial charge on any atom is -0.409 e. The van der Waals surface area contributed by atoms with Crippen molar-refractivity contribution in [1.29, 1.82) is 0 Å². The highest BCUT2D eigenvalue weighted by atomic mass is 31.2. The first-order valence-corrected chi connectivity index (χ1v) is 18.1. The van der Waals surface area contributed by atoms with Crippen LogP contribution in [0.4, 0.5) is 0 Å². The summed E-state index contributed by atoms with van der Waals surface area (Å²) in [5, 5.41) is 0. The first kappa shape index (κ1) is 37.9. The molecule has 0 aliphatic carbocycles. The van der Waals surface area contributed by atoms with Gasteiger partial charge >= 0.3 is 8.60 Å². The van der Waals surface area contributed by atoms with Crippen molar-refractivity contribution >= 4 is 8.60 Å². The lowest BCUT2D eigenvalue weighted by Gasteiger charge is -2.33. The average Bonchev–Trinajstić information content (AvgIpc) is 2.85. The van der Waals surface area contributed by atoms with Gasteiger partial charge in [-0.25, -0.2) is 0 Å². The van der Waals surface area contributed by atoms with Crippen molar-refractivity contribution in [1.82, 2.24) is 0 Å². The molecule has 0 aromatic heterocycles. The van der Waals surface area contributed by atoms with E-state index >= 15 is 0 Å². The monoisotopic (exact) mass is 646 g/mol. The molecule has 0 N–H and O–H groups in total. The van der Waals surface area contributed by atoms with Gasteiger partial charge in [-0.15, -0.1) is 0 Å². The Hall–Kier alpha value is -2.51. The van der Waals surface area contributed by atoms with Crippen molar-refractivity contribution in [3.63, 3.8) is 0 Å². The van der Waals surface area contributed by atoms with Crippen LogP contribution in [0.5, 0.6) is 17.2 Å². The lowest BCUT2D eigenvalue weighted by atomic mass is 9.72. The highest BCUT2D eigenvalue weighted by Crippen LogP contribution is 2.45. The van der Waals surface area contributed by atoms with E-state index in [1.165, 1.54) is 16.7 Å². The third-order valence-electron chi connectivity index (χ3n) is 8.36. The van der Waals surface area contributed by atoms with Gasteiger partial charge in [0.15, 0.2) is 0 Å². The van der Waals surface area contributed by atoms with Crippen LogP contribution in [-0.4, -0.2) is 0 Å². The van der Waals surface area contributed by atoms with E-state index in [9.17, 15) is 0 Å². The lowest BCUT2D eigenvalue weighted by molar-refractivity contribution is 0.283. The summed E-state index contributed by atoms with van der Waals surface area (Å²) in [5.41, 5.74) is 4.77. The summed E-state index contributed by atoms with van der Waals surface area (Å²) < 4.78 is 19.3. The Morgan fingerprint density at radius 2 is 0.543 bits per heavy atom. The van der Waals surface area contributed by atoms with Gasteiger partial charge in [-0.2, -0.15) is 0 Å². The van der Waals surface area contributed by atoms with Crippen LogP contribution in [0.3, 0.4) is 0 Å². The summed E-state index contributed by atoms with van der Waals surface area (Å²) in [4.78, 5) is 0. The summed E-state index contributed by atoms with van der Waals surface area (Å²) in [7, 11) is -1.77. The average molecular weight is 647 g/mol. The van der Waals surface area contributed by atoms with Crippen LogP contribution in [0.1, 0.15) is 140 Å². The molecule has 254 valence electrons. The maximum Gasteiger partial charge on any atom is 0.530 e. The van der Waals surface area contributed by atoms with Gasteiger partial charge in [-0.3, -0.25) is 0 Å². The van der Waals surface area contributed by atoms with E-state index in [1.54, 1.807) is 0 Å². The van der Waals surface area contributed by atoms with Crippen molar-refractivity contribution in [3.05, 3.63) is 89.5 Å². The number of benzene rings is 3. The molecule has 3 rings (SSSR count). The Labute approximate surface area is 283 Å². The molecule has 0 saturated carbocycles. The molecule has 0 aliphatic heterocycles. The molecular formula is C42H63O3P. The molecule has 3 aromatic carbocycles. The number of hydrogen-bond acceptors (Lipinski definition) is 3. The summed E-state index contributed by atoms with van der Waals surface area (Å²) in [5.74, 6) is 2.19. The smallest absolute Gasteiger partial charge is 0.409 e. The van der Waals surface area contributed by atoms with E-state index in [1.807, 2.05) is 36.4 Å². The van der Waals surface area contributed by atoms with Crippen LogP contribution in [0.2, 0.25) is 0 Å². The standard InChI is InChI=1S/C42H63O3P/c1-37(2,3)28-40(10,11)31-16-22-34(23-17-31)43-46(44-35-24-18-32(19-25-35)41(12,13)29-38(4,5)6)45-36-26-20-33(21-27-36)42(14,15)30-39(7,8)9/h16-27H,28-30H2,1-15H3. The fourth-order valence-electron chi connectivity index (χ4n) is 7.50. The summed E-state index contributed by atoms with van der Waals surface area (Å²) in [6.07, 6.45) is 3.26. The van der Waals surface area contributed by atoms with Crippen LogP contribution in [-0.2, 0) is 16.2 Å². The van der Waals surface area contributed by atoms with Gasteiger partial charge in [0.25, 0.3) is 0 Å². The summed E-state index contributed by atoms with van der Waals surface area (Å²) in [6, 6.07) is 25.3. The topological polar surface area (TPSA) is 27.7 Å². The predicted octanol–water partition coefficient (Wildman–Crippen LogP) is 13.6. The Morgan fingerprint density at radius 3 is 0.717 bits per heavy atom. The highest BCUT2D eigenvalue weighted by molar-refractivity contribution is 7.43. The Kier molecular flexibility index (Phi) is 11.5. The van der Waals surface area contributed by atoms with Gasteiger partial charge < -0.3 is 13.6 Å². The van der Waals surface area contributed by atoms with Gasteiger partial charge in [0.2, 0.25) is 0 Å². The molecule has 0 unspecified atom stereocenters. The maximum absolute atomic E-state index is 6.44. The van der Waals surface area contributed by atoms with E-state index in [4.69, 9.17) is 13.6 Å². The highest BCUT2D eigenvalue weighted by Gasteiger charge is 2.30. The molecule has 0 radical (unpaired) electrons. The molecule has 3 nitrogen and oxygen atoms in total. The Bertz CT molecular complexity index is 1200. The largest absolute Gasteiger partial charge is 0.530 e. The fraction of sp³-hybridized carbons (Fsp3) is 0.571.